The predicted molar refractivity (Wildman–Crippen MR) is 123 cm³/mol. The van der Waals surface area contributed by atoms with Gasteiger partial charge in [-0.15, -0.1) is 11.6 Å². The van der Waals surface area contributed by atoms with Gasteiger partial charge in [-0.2, -0.15) is 4.31 Å². The van der Waals surface area contributed by atoms with Crippen molar-refractivity contribution in [3.63, 3.8) is 0 Å². The summed E-state index contributed by atoms with van der Waals surface area (Å²) < 4.78 is 59.9. The molecule has 0 saturated carbocycles. The second-order valence-corrected chi connectivity index (χ2v) is 10.9. The molecule has 0 aliphatic carbocycles. The number of amides is 1. The Balaban J connectivity index is 1.69. The van der Waals surface area contributed by atoms with Crippen molar-refractivity contribution in [3.8, 4) is 0 Å². The van der Waals surface area contributed by atoms with Gasteiger partial charge in [-0.05, 0) is 0 Å². The number of cyclic esters (lactones) is 1. The number of rotatable bonds is 7. The maximum absolute atomic E-state index is 14.9. The van der Waals surface area contributed by atoms with E-state index in [4.69, 9.17) is 28.6 Å². The molecule has 8 nitrogen and oxygen atoms in total. The number of piperazine rings is 1. The van der Waals surface area contributed by atoms with E-state index in [0.717, 1.165) is 12.1 Å². The van der Waals surface area contributed by atoms with Crippen LogP contribution in [-0.4, -0.2) is 74.4 Å². The highest BCUT2D eigenvalue weighted by molar-refractivity contribution is 7.90. The number of halogens is 3. The van der Waals surface area contributed by atoms with E-state index >= 15 is 0 Å². The van der Waals surface area contributed by atoms with E-state index in [9.17, 15) is 22.0 Å². The van der Waals surface area contributed by atoms with Crippen LogP contribution in [0.4, 0.5) is 25.0 Å². The van der Waals surface area contributed by atoms with Crippen molar-refractivity contribution in [2.24, 2.45) is 5.92 Å². The molecule has 2 aliphatic rings. The Labute approximate surface area is 196 Å². The van der Waals surface area contributed by atoms with E-state index in [1.165, 1.54) is 14.1 Å². The normalized spacial score (nSPS) is 20.1. The molecule has 178 valence electrons. The summed E-state index contributed by atoms with van der Waals surface area (Å²) in [5.41, 5.74) is -0.212. The molecule has 13 heteroatoms. The third-order valence-electron chi connectivity index (χ3n) is 5.30. The molecule has 2 heterocycles. The van der Waals surface area contributed by atoms with Gasteiger partial charge in [0, 0.05) is 44.2 Å². The van der Waals surface area contributed by atoms with E-state index in [1.54, 1.807) is 0 Å². The monoisotopic (exact) mass is 510 g/mol. The summed E-state index contributed by atoms with van der Waals surface area (Å²) in [4.78, 5) is 15.5. The average molecular weight is 511 g/mol. The minimum absolute atomic E-state index is 0.0473. The number of nitrogens with one attached hydrogen (secondary N) is 1. The van der Waals surface area contributed by atoms with Gasteiger partial charge >= 0.3 is 6.09 Å². The molecule has 1 N–H and O–H groups in total. The summed E-state index contributed by atoms with van der Waals surface area (Å²) in [6.07, 6.45) is -1.21. The molecule has 1 aromatic carbocycles. The molecule has 2 saturated heterocycles. The lowest BCUT2D eigenvalue weighted by atomic mass is 10.2. The lowest BCUT2D eigenvalue weighted by Crippen LogP contribution is -2.49. The smallest absolute Gasteiger partial charge is 0.414 e. The molecule has 2 fully saturated rings. The van der Waals surface area contributed by atoms with Crippen LogP contribution in [0.5, 0.6) is 0 Å². The van der Waals surface area contributed by atoms with Crippen LogP contribution in [-0.2, 0) is 14.8 Å². The average Bonchev–Trinajstić information content (AvgIpc) is 3.12. The second kappa shape index (κ2) is 10.0. The first kappa shape index (κ1) is 24.9. The number of carbonyl (C=O) groups is 1. The van der Waals surface area contributed by atoms with Gasteiger partial charge in [-0.1, -0.05) is 26.1 Å². The fraction of sp³-hybridized carbons (Fsp3) is 0.579. The SMILES string of the molecule is CC(C)C(=S)NCC1CN(c2cc(F)c(N3CCN(S(=O)(=O)CCl)CC3)c(F)c2)C(=O)O1. The Morgan fingerprint density at radius 3 is 2.38 bits per heavy atom. The molecule has 1 aromatic rings. The maximum Gasteiger partial charge on any atom is 0.414 e. The van der Waals surface area contributed by atoms with E-state index < -0.39 is 39.1 Å². The Bertz CT molecular complexity index is 965. The number of sulfonamides is 1. The highest BCUT2D eigenvalue weighted by Crippen LogP contribution is 2.31. The summed E-state index contributed by atoms with van der Waals surface area (Å²) in [6.45, 7) is 4.66. The summed E-state index contributed by atoms with van der Waals surface area (Å²) in [5, 5.41) is 2.48. The number of hydrogen-bond acceptors (Lipinski definition) is 6. The van der Waals surface area contributed by atoms with Crippen molar-refractivity contribution < 1.29 is 26.7 Å². The lowest BCUT2D eigenvalue weighted by molar-refractivity contribution is 0.143. The summed E-state index contributed by atoms with van der Waals surface area (Å²) >= 11 is 10.7. The molecule has 0 bridgehead atoms. The van der Waals surface area contributed by atoms with Crippen LogP contribution in [0.2, 0.25) is 0 Å². The van der Waals surface area contributed by atoms with Crippen molar-refractivity contribution in [2.45, 2.75) is 20.0 Å². The first-order valence-corrected chi connectivity index (χ1v) is 12.6. The molecular weight excluding hydrogens is 486 g/mol. The quantitative estimate of drug-likeness (QED) is 0.446. The predicted octanol–water partition coefficient (Wildman–Crippen LogP) is 2.51. The molecule has 32 heavy (non-hydrogen) atoms. The van der Waals surface area contributed by atoms with Gasteiger partial charge in [0.05, 0.1) is 23.8 Å². The molecule has 1 atom stereocenters. The van der Waals surface area contributed by atoms with Crippen molar-refractivity contribution in [3.05, 3.63) is 23.8 Å². The largest absolute Gasteiger partial charge is 0.442 e. The lowest BCUT2D eigenvalue weighted by Gasteiger charge is -2.35. The van der Waals surface area contributed by atoms with Crippen molar-refractivity contribution >= 4 is 56.3 Å². The van der Waals surface area contributed by atoms with Crippen LogP contribution >= 0.6 is 23.8 Å². The van der Waals surface area contributed by atoms with Gasteiger partial charge in [-0.3, -0.25) is 4.90 Å². The van der Waals surface area contributed by atoms with Crippen LogP contribution in [0.15, 0.2) is 12.1 Å². The van der Waals surface area contributed by atoms with Crippen LogP contribution in [0.25, 0.3) is 0 Å². The Morgan fingerprint density at radius 2 is 1.84 bits per heavy atom. The fourth-order valence-electron chi connectivity index (χ4n) is 3.53. The number of nitrogens with zero attached hydrogens (tertiary/aromatic N) is 3. The molecule has 1 amide bonds. The molecule has 0 spiro atoms. The summed E-state index contributed by atoms with van der Waals surface area (Å²) in [7, 11) is -3.58. The Morgan fingerprint density at radius 1 is 1.25 bits per heavy atom. The summed E-state index contributed by atoms with van der Waals surface area (Å²) in [6, 6.07) is 2.16. The molecule has 0 aromatic heterocycles. The highest BCUT2D eigenvalue weighted by atomic mass is 35.5. The van der Waals surface area contributed by atoms with E-state index in [0.29, 0.717) is 11.5 Å². The van der Waals surface area contributed by atoms with Gasteiger partial charge in [0.25, 0.3) is 0 Å². The van der Waals surface area contributed by atoms with Crippen molar-refractivity contribution in [2.75, 3.05) is 54.3 Å². The third-order valence-corrected chi connectivity index (χ3v) is 8.17. The summed E-state index contributed by atoms with van der Waals surface area (Å²) in [5.74, 6) is -1.54. The third kappa shape index (κ3) is 5.41. The topological polar surface area (TPSA) is 82.2 Å². The van der Waals surface area contributed by atoms with Gasteiger partial charge in [-0.25, -0.2) is 22.0 Å². The Kier molecular flexibility index (Phi) is 7.79. The Hall–Kier alpha value is -1.76. The number of alkyl halides is 1. The second-order valence-electron chi connectivity index (χ2n) is 7.88. The van der Waals surface area contributed by atoms with E-state index in [1.807, 2.05) is 13.8 Å². The molecule has 3 rings (SSSR count). The van der Waals surface area contributed by atoms with Crippen LogP contribution in [0, 0.1) is 17.6 Å². The molecule has 2 aliphatic heterocycles. The minimum atomic E-state index is -3.58. The van der Waals surface area contributed by atoms with Crippen LogP contribution in [0.3, 0.4) is 0 Å². The van der Waals surface area contributed by atoms with E-state index in [2.05, 4.69) is 5.32 Å². The minimum Gasteiger partial charge on any atom is -0.442 e. The number of ether oxygens (including phenoxy) is 1. The molecule has 1 unspecified atom stereocenters. The maximum atomic E-state index is 14.9. The van der Waals surface area contributed by atoms with Crippen LogP contribution < -0.4 is 15.1 Å². The number of benzene rings is 1. The van der Waals surface area contributed by atoms with E-state index in [-0.39, 0.29) is 50.0 Å². The first-order valence-electron chi connectivity index (χ1n) is 10.1. The molecular formula is C19H25ClF2N4O4S2. The molecule has 0 radical (unpaired) electrons. The highest BCUT2D eigenvalue weighted by Gasteiger charge is 2.34. The number of hydrogen-bond donors (Lipinski definition) is 1. The van der Waals surface area contributed by atoms with Gasteiger partial charge in [0.1, 0.15) is 17.0 Å². The number of carbonyl (C=O) groups excluding carboxylic acids is 1. The number of anilines is 2. The zero-order valence-corrected chi connectivity index (χ0v) is 20.1. The van der Waals surface area contributed by atoms with Crippen molar-refractivity contribution in [1.29, 1.82) is 0 Å². The number of thiocarbonyl (C=S) groups is 1. The van der Waals surface area contributed by atoms with Gasteiger partial charge in [0.2, 0.25) is 10.0 Å². The van der Waals surface area contributed by atoms with Crippen LogP contribution in [0.1, 0.15) is 13.8 Å². The van der Waals surface area contributed by atoms with Crippen molar-refractivity contribution in [1.82, 2.24) is 9.62 Å². The standard InChI is InChI=1S/C19H25ClF2N4O4S2/c1-12(2)18(31)23-9-14-10-26(19(27)30-14)13-7-15(21)17(16(22)8-13)24-3-5-25(6-4-24)32(28,29)11-20/h7-8,12,14H,3-6,9-11H2,1-2H3,(H,23,31). The van der Waals surface area contributed by atoms with Gasteiger partial charge < -0.3 is 15.0 Å². The fourth-order valence-corrected chi connectivity index (χ4v) is 4.88. The zero-order valence-electron chi connectivity index (χ0n) is 17.7. The van der Waals surface area contributed by atoms with Gasteiger partial charge in [0.15, 0.2) is 11.6 Å². The zero-order chi connectivity index (χ0) is 23.6. The first-order chi connectivity index (χ1) is 15.0.